The van der Waals surface area contributed by atoms with Crippen molar-refractivity contribution in [2.45, 2.75) is 26.8 Å². The molecule has 0 saturated heterocycles. The second-order valence-electron chi connectivity index (χ2n) is 4.88. The molecule has 1 aromatic rings. The average Bonchev–Trinajstić information content (AvgIpc) is 2.45. The number of aliphatic hydroxyl groups is 1. The highest BCUT2D eigenvalue weighted by atomic mass is 79.9. The lowest BCUT2D eigenvalue weighted by Crippen LogP contribution is -2.22. The van der Waals surface area contributed by atoms with E-state index in [1.807, 2.05) is 19.1 Å². The van der Waals surface area contributed by atoms with Crippen LogP contribution in [-0.2, 0) is 6.54 Å². The van der Waals surface area contributed by atoms with Crippen LogP contribution in [0.1, 0.15) is 25.8 Å². The van der Waals surface area contributed by atoms with E-state index in [1.165, 1.54) is 0 Å². The fourth-order valence-electron chi connectivity index (χ4n) is 1.75. The lowest BCUT2D eigenvalue weighted by molar-refractivity contribution is 0.233. The van der Waals surface area contributed by atoms with Gasteiger partial charge in [-0.05, 0) is 46.0 Å². The zero-order valence-electron chi connectivity index (χ0n) is 12.4. The molecule has 0 aliphatic rings. The number of methoxy groups -OCH3 is 1. The van der Waals surface area contributed by atoms with Gasteiger partial charge in [0.25, 0.3) is 0 Å². The summed E-state index contributed by atoms with van der Waals surface area (Å²) in [5, 5.41) is 12.3. The minimum atomic E-state index is 0.198. The first-order valence-electron chi connectivity index (χ1n) is 6.93. The Morgan fingerprint density at radius 2 is 2.15 bits per heavy atom. The molecule has 114 valence electrons. The molecule has 0 aliphatic heterocycles. The van der Waals surface area contributed by atoms with Crippen molar-refractivity contribution in [2.75, 3.05) is 26.9 Å². The number of rotatable bonds is 9. The summed E-state index contributed by atoms with van der Waals surface area (Å²) in [4.78, 5) is 0. The molecule has 0 heterocycles. The van der Waals surface area contributed by atoms with Crippen LogP contribution in [0.4, 0.5) is 0 Å². The van der Waals surface area contributed by atoms with E-state index in [4.69, 9.17) is 14.6 Å². The number of halogens is 1. The van der Waals surface area contributed by atoms with Gasteiger partial charge in [-0.3, -0.25) is 0 Å². The van der Waals surface area contributed by atoms with E-state index in [0.29, 0.717) is 6.61 Å². The van der Waals surface area contributed by atoms with E-state index in [-0.39, 0.29) is 12.5 Å². The van der Waals surface area contributed by atoms with Crippen molar-refractivity contribution in [1.29, 1.82) is 0 Å². The lowest BCUT2D eigenvalue weighted by atomic mass is 10.1. The smallest absolute Gasteiger partial charge is 0.175 e. The molecule has 4 nitrogen and oxygen atoms in total. The molecule has 0 aliphatic carbocycles. The van der Waals surface area contributed by atoms with Crippen LogP contribution in [0.25, 0.3) is 0 Å². The summed E-state index contributed by atoms with van der Waals surface area (Å²) in [5.74, 6) is 1.74. The van der Waals surface area contributed by atoms with Crippen molar-refractivity contribution in [2.24, 2.45) is 5.92 Å². The fourth-order valence-corrected chi connectivity index (χ4v) is 2.35. The van der Waals surface area contributed by atoms with Gasteiger partial charge in [-0.25, -0.2) is 0 Å². The molecular formula is C15H24BrNO3. The first-order chi connectivity index (χ1) is 9.62. The van der Waals surface area contributed by atoms with Crippen LogP contribution in [-0.4, -0.2) is 32.0 Å². The molecule has 1 rings (SSSR count). The average molecular weight is 346 g/mol. The van der Waals surface area contributed by atoms with Gasteiger partial charge in [0, 0.05) is 19.7 Å². The van der Waals surface area contributed by atoms with Crippen molar-refractivity contribution in [3.05, 3.63) is 22.2 Å². The standard InChI is InChI=1S/C15H24BrNO3/c1-4-5-20-15-13(16)6-12(7-14(15)19-3)9-17-8-11(2)10-18/h6-7,11,17-18H,4-5,8-10H2,1-3H3. The number of hydrogen-bond donors (Lipinski definition) is 2. The Morgan fingerprint density at radius 3 is 2.75 bits per heavy atom. The summed E-state index contributed by atoms with van der Waals surface area (Å²) in [5.41, 5.74) is 1.11. The highest BCUT2D eigenvalue weighted by Crippen LogP contribution is 2.36. The van der Waals surface area contributed by atoms with Gasteiger partial charge in [0.1, 0.15) is 0 Å². The largest absolute Gasteiger partial charge is 0.493 e. The van der Waals surface area contributed by atoms with E-state index >= 15 is 0 Å². The highest BCUT2D eigenvalue weighted by Gasteiger charge is 2.11. The zero-order valence-corrected chi connectivity index (χ0v) is 14.0. The van der Waals surface area contributed by atoms with Gasteiger partial charge in [-0.2, -0.15) is 0 Å². The molecule has 2 N–H and O–H groups in total. The number of hydrogen-bond acceptors (Lipinski definition) is 4. The summed E-state index contributed by atoms with van der Waals surface area (Å²) >= 11 is 3.53. The van der Waals surface area contributed by atoms with Crippen LogP contribution in [0.5, 0.6) is 11.5 Å². The quantitative estimate of drug-likeness (QED) is 0.722. The second-order valence-corrected chi connectivity index (χ2v) is 5.73. The van der Waals surface area contributed by atoms with E-state index in [2.05, 4.69) is 28.2 Å². The van der Waals surface area contributed by atoms with E-state index in [9.17, 15) is 0 Å². The van der Waals surface area contributed by atoms with E-state index in [1.54, 1.807) is 7.11 Å². The van der Waals surface area contributed by atoms with E-state index in [0.717, 1.165) is 41.0 Å². The molecule has 0 bridgehead atoms. The first-order valence-corrected chi connectivity index (χ1v) is 7.72. The Hall–Kier alpha value is -0.780. The topological polar surface area (TPSA) is 50.7 Å². The van der Waals surface area contributed by atoms with Crippen molar-refractivity contribution in [3.63, 3.8) is 0 Å². The van der Waals surface area contributed by atoms with Gasteiger partial charge < -0.3 is 19.9 Å². The normalized spacial score (nSPS) is 12.2. The van der Waals surface area contributed by atoms with Gasteiger partial charge in [-0.15, -0.1) is 0 Å². The fraction of sp³-hybridized carbons (Fsp3) is 0.600. The highest BCUT2D eigenvalue weighted by molar-refractivity contribution is 9.10. The Labute approximate surface area is 129 Å². The van der Waals surface area contributed by atoms with Crippen LogP contribution in [0.15, 0.2) is 16.6 Å². The van der Waals surface area contributed by atoms with Crippen molar-refractivity contribution in [1.82, 2.24) is 5.32 Å². The molecule has 0 spiro atoms. The van der Waals surface area contributed by atoms with Crippen LogP contribution in [0, 0.1) is 5.92 Å². The van der Waals surface area contributed by atoms with Crippen LogP contribution in [0.2, 0.25) is 0 Å². The van der Waals surface area contributed by atoms with Crippen molar-refractivity contribution >= 4 is 15.9 Å². The molecule has 0 saturated carbocycles. The third kappa shape index (κ3) is 5.31. The zero-order chi connectivity index (χ0) is 15.0. The molecule has 5 heteroatoms. The number of nitrogens with one attached hydrogen (secondary N) is 1. The third-order valence-corrected chi connectivity index (χ3v) is 3.46. The molecule has 0 radical (unpaired) electrons. The maximum atomic E-state index is 8.99. The third-order valence-electron chi connectivity index (χ3n) is 2.87. The molecule has 1 aromatic carbocycles. The Morgan fingerprint density at radius 1 is 1.40 bits per heavy atom. The van der Waals surface area contributed by atoms with E-state index < -0.39 is 0 Å². The molecule has 0 fully saturated rings. The maximum Gasteiger partial charge on any atom is 0.175 e. The molecule has 1 unspecified atom stereocenters. The van der Waals surface area contributed by atoms with Gasteiger partial charge in [0.15, 0.2) is 11.5 Å². The Kier molecular flexibility index (Phi) is 7.95. The molecule has 0 aromatic heterocycles. The lowest BCUT2D eigenvalue weighted by Gasteiger charge is -2.15. The number of aliphatic hydroxyl groups excluding tert-OH is 1. The van der Waals surface area contributed by atoms with Crippen molar-refractivity contribution < 1.29 is 14.6 Å². The van der Waals surface area contributed by atoms with Gasteiger partial charge in [0.05, 0.1) is 18.2 Å². The minimum Gasteiger partial charge on any atom is -0.493 e. The monoisotopic (exact) mass is 345 g/mol. The summed E-state index contributed by atoms with van der Waals surface area (Å²) in [6.45, 7) is 6.45. The summed E-state index contributed by atoms with van der Waals surface area (Å²) in [6, 6.07) is 4.01. The van der Waals surface area contributed by atoms with Gasteiger partial charge in [0.2, 0.25) is 0 Å². The second kappa shape index (κ2) is 9.21. The molecular weight excluding hydrogens is 322 g/mol. The maximum absolute atomic E-state index is 8.99. The summed E-state index contributed by atoms with van der Waals surface area (Å²) < 4.78 is 12.0. The molecule has 1 atom stereocenters. The summed E-state index contributed by atoms with van der Waals surface area (Å²) in [7, 11) is 1.64. The summed E-state index contributed by atoms with van der Waals surface area (Å²) in [6.07, 6.45) is 0.956. The predicted octanol–water partition coefficient (Wildman–Crippen LogP) is 2.96. The Bertz CT molecular complexity index is 412. The first kappa shape index (κ1) is 17.3. The van der Waals surface area contributed by atoms with Crippen LogP contribution < -0.4 is 14.8 Å². The predicted molar refractivity (Wildman–Crippen MR) is 84.4 cm³/mol. The molecule has 20 heavy (non-hydrogen) atoms. The van der Waals surface area contributed by atoms with Crippen LogP contribution >= 0.6 is 15.9 Å². The van der Waals surface area contributed by atoms with Gasteiger partial charge in [-0.1, -0.05) is 13.8 Å². The number of benzene rings is 1. The SMILES string of the molecule is CCCOc1c(Br)cc(CNCC(C)CO)cc1OC. The number of ether oxygens (including phenoxy) is 2. The van der Waals surface area contributed by atoms with Gasteiger partial charge >= 0.3 is 0 Å². The minimum absolute atomic E-state index is 0.198. The Balaban J connectivity index is 2.71. The molecule has 0 amide bonds. The van der Waals surface area contributed by atoms with Crippen molar-refractivity contribution in [3.8, 4) is 11.5 Å². The van der Waals surface area contributed by atoms with Crippen LogP contribution in [0.3, 0.4) is 0 Å².